The number of piperidine rings is 1. The minimum Gasteiger partial charge on any atom is -0.372 e. The van der Waals surface area contributed by atoms with Crippen molar-refractivity contribution in [2.75, 3.05) is 31.1 Å². The SMILES string of the molecule is O=C(NCc1ccc(N2CCCC2)cc1)C1CCN(Cc2nc(-c3ccc(F)cc3)no2)CC1. The summed E-state index contributed by atoms with van der Waals surface area (Å²) in [5.74, 6) is 0.837. The molecule has 8 heteroatoms. The van der Waals surface area contributed by atoms with Gasteiger partial charge in [0.25, 0.3) is 0 Å². The summed E-state index contributed by atoms with van der Waals surface area (Å²) in [5, 5.41) is 7.11. The van der Waals surface area contributed by atoms with Crippen LogP contribution in [0.15, 0.2) is 53.1 Å². The number of hydrogen-bond acceptors (Lipinski definition) is 6. The Hall–Kier alpha value is -3.26. The minimum atomic E-state index is -0.296. The third-order valence-corrected chi connectivity index (χ3v) is 6.76. The van der Waals surface area contributed by atoms with E-state index < -0.39 is 0 Å². The topological polar surface area (TPSA) is 74.5 Å². The van der Waals surface area contributed by atoms with Gasteiger partial charge in [-0.25, -0.2) is 4.39 Å². The van der Waals surface area contributed by atoms with Crippen LogP contribution in [0.1, 0.15) is 37.1 Å². The van der Waals surface area contributed by atoms with Crippen LogP contribution in [0, 0.1) is 11.7 Å². The molecule has 3 aromatic rings. The molecule has 2 fully saturated rings. The number of rotatable bonds is 7. The first kappa shape index (κ1) is 22.5. The third kappa shape index (κ3) is 5.44. The maximum atomic E-state index is 13.1. The number of amides is 1. The van der Waals surface area contributed by atoms with E-state index in [0.717, 1.165) is 50.1 Å². The van der Waals surface area contributed by atoms with E-state index >= 15 is 0 Å². The number of nitrogens with one attached hydrogen (secondary N) is 1. The predicted octanol–water partition coefficient (Wildman–Crippen LogP) is 4.00. The Kier molecular flexibility index (Phi) is 6.85. The van der Waals surface area contributed by atoms with Gasteiger partial charge in [-0.15, -0.1) is 0 Å². The summed E-state index contributed by atoms with van der Waals surface area (Å²) in [5.41, 5.74) is 3.12. The van der Waals surface area contributed by atoms with Crippen molar-refractivity contribution in [1.29, 1.82) is 0 Å². The number of likely N-dealkylation sites (tertiary alicyclic amines) is 1. The van der Waals surface area contributed by atoms with Crippen LogP contribution in [-0.2, 0) is 17.9 Å². The van der Waals surface area contributed by atoms with Gasteiger partial charge < -0.3 is 14.7 Å². The Labute approximate surface area is 198 Å². The van der Waals surface area contributed by atoms with E-state index in [-0.39, 0.29) is 17.6 Å². The molecule has 2 aliphatic heterocycles. The lowest BCUT2D eigenvalue weighted by atomic mass is 9.96. The lowest BCUT2D eigenvalue weighted by Crippen LogP contribution is -2.40. The fourth-order valence-corrected chi connectivity index (χ4v) is 4.71. The van der Waals surface area contributed by atoms with Crippen molar-refractivity contribution >= 4 is 11.6 Å². The molecule has 0 radical (unpaired) electrons. The molecule has 1 N–H and O–H groups in total. The van der Waals surface area contributed by atoms with Gasteiger partial charge in [0.15, 0.2) is 0 Å². The molecular formula is C26H30FN5O2. The maximum Gasteiger partial charge on any atom is 0.241 e. The van der Waals surface area contributed by atoms with Crippen molar-refractivity contribution in [2.24, 2.45) is 5.92 Å². The largest absolute Gasteiger partial charge is 0.372 e. The Morgan fingerprint density at radius 1 is 1.00 bits per heavy atom. The second-order valence-electron chi connectivity index (χ2n) is 9.15. The molecule has 178 valence electrons. The van der Waals surface area contributed by atoms with E-state index in [4.69, 9.17) is 4.52 Å². The molecule has 0 saturated carbocycles. The van der Waals surface area contributed by atoms with Crippen LogP contribution in [-0.4, -0.2) is 47.1 Å². The van der Waals surface area contributed by atoms with Gasteiger partial charge in [-0.2, -0.15) is 4.98 Å². The molecule has 0 unspecified atom stereocenters. The molecule has 1 amide bonds. The van der Waals surface area contributed by atoms with Gasteiger partial charge in [-0.05, 0) is 80.7 Å². The van der Waals surface area contributed by atoms with Crippen molar-refractivity contribution in [3.05, 3.63) is 65.8 Å². The summed E-state index contributed by atoms with van der Waals surface area (Å²) in [6.45, 7) is 4.99. The van der Waals surface area contributed by atoms with Crippen LogP contribution in [0.3, 0.4) is 0 Å². The zero-order valence-electron chi connectivity index (χ0n) is 19.3. The second-order valence-corrected chi connectivity index (χ2v) is 9.15. The Bertz CT molecular complexity index is 1090. The molecule has 2 saturated heterocycles. The van der Waals surface area contributed by atoms with Crippen LogP contribution in [0.2, 0.25) is 0 Å². The standard InChI is InChI=1S/C26H30FN5O2/c27-22-7-5-20(6-8-22)25-29-24(34-30-25)18-31-15-11-21(12-16-31)26(33)28-17-19-3-9-23(10-4-19)32-13-1-2-14-32/h3-10,21H,1-2,11-18H2,(H,28,33). The molecule has 0 atom stereocenters. The van der Waals surface area contributed by atoms with Crippen molar-refractivity contribution in [3.8, 4) is 11.4 Å². The highest BCUT2D eigenvalue weighted by atomic mass is 19.1. The number of hydrogen-bond donors (Lipinski definition) is 1. The molecule has 2 aromatic carbocycles. The smallest absolute Gasteiger partial charge is 0.241 e. The average Bonchev–Trinajstić information content (AvgIpc) is 3.57. The Morgan fingerprint density at radius 2 is 1.71 bits per heavy atom. The van der Waals surface area contributed by atoms with E-state index in [1.54, 1.807) is 12.1 Å². The normalized spacial score (nSPS) is 17.3. The summed E-state index contributed by atoms with van der Waals surface area (Å²) >= 11 is 0. The first-order valence-electron chi connectivity index (χ1n) is 12.1. The summed E-state index contributed by atoms with van der Waals surface area (Å²) < 4.78 is 18.5. The predicted molar refractivity (Wildman–Crippen MR) is 127 cm³/mol. The van der Waals surface area contributed by atoms with Crippen molar-refractivity contribution in [2.45, 2.75) is 38.8 Å². The van der Waals surface area contributed by atoms with Gasteiger partial charge in [0.2, 0.25) is 17.6 Å². The summed E-state index contributed by atoms with van der Waals surface area (Å²) in [7, 11) is 0. The van der Waals surface area contributed by atoms with Gasteiger partial charge in [-0.3, -0.25) is 9.69 Å². The molecule has 0 spiro atoms. The number of benzene rings is 2. The average molecular weight is 464 g/mol. The van der Waals surface area contributed by atoms with E-state index in [1.807, 2.05) is 0 Å². The number of aromatic nitrogens is 2. The van der Waals surface area contributed by atoms with E-state index in [1.165, 1.54) is 30.7 Å². The highest BCUT2D eigenvalue weighted by molar-refractivity contribution is 5.78. The fourth-order valence-electron chi connectivity index (χ4n) is 4.71. The first-order chi connectivity index (χ1) is 16.6. The zero-order chi connectivity index (χ0) is 23.3. The fraction of sp³-hybridized carbons (Fsp3) is 0.423. The van der Waals surface area contributed by atoms with Crippen LogP contribution >= 0.6 is 0 Å². The first-order valence-corrected chi connectivity index (χ1v) is 12.1. The van der Waals surface area contributed by atoms with Crippen molar-refractivity contribution in [3.63, 3.8) is 0 Å². The number of anilines is 1. The van der Waals surface area contributed by atoms with Crippen molar-refractivity contribution < 1.29 is 13.7 Å². The molecule has 0 bridgehead atoms. The van der Waals surface area contributed by atoms with Gasteiger partial charge in [0, 0.05) is 36.8 Å². The second kappa shape index (κ2) is 10.3. The monoisotopic (exact) mass is 463 g/mol. The summed E-state index contributed by atoms with van der Waals surface area (Å²) in [6, 6.07) is 14.6. The summed E-state index contributed by atoms with van der Waals surface area (Å²) in [4.78, 5) is 21.8. The highest BCUT2D eigenvalue weighted by Gasteiger charge is 2.26. The van der Waals surface area contributed by atoms with E-state index in [9.17, 15) is 9.18 Å². The molecule has 1 aromatic heterocycles. The van der Waals surface area contributed by atoms with Gasteiger partial charge in [0.05, 0.1) is 6.54 Å². The Balaban J connectivity index is 1.06. The van der Waals surface area contributed by atoms with Crippen LogP contribution in [0.4, 0.5) is 10.1 Å². The number of carbonyl (C=O) groups excluding carboxylic acids is 1. The van der Waals surface area contributed by atoms with Crippen LogP contribution in [0.5, 0.6) is 0 Å². The van der Waals surface area contributed by atoms with Crippen molar-refractivity contribution in [1.82, 2.24) is 20.4 Å². The quantitative estimate of drug-likeness (QED) is 0.571. The lowest BCUT2D eigenvalue weighted by Gasteiger charge is -2.30. The van der Waals surface area contributed by atoms with Gasteiger partial charge in [0.1, 0.15) is 5.82 Å². The number of nitrogens with zero attached hydrogens (tertiary/aromatic N) is 4. The molecule has 0 aliphatic carbocycles. The molecular weight excluding hydrogens is 433 g/mol. The lowest BCUT2D eigenvalue weighted by molar-refractivity contribution is -0.126. The maximum absolute atomic E-state index is 13.1. The number of halogens is 1. The Morgan fingerprint density at radius 3 is 2.41 bits per heavy atom. The minimum absolute atomic E-state index is 0.0255. The number of carbonyl (C=O) groups is 1. The van der Waals surface area contributed by atoms with E-state index in [0.29, 0.717) is 24.8 Å². The highest BCUT2D eigenvalue weighted by Crippen LogP contribution is 2.22. The molecule has 5 rings (SSSR count). The summed E-state index contributed by atoms with van der Waals surface area (Å²) in [6.07, 6.45) is 4.14. The van der Waals surface area contributed by atoms with Crippen LogP contribution in [0.25, 0.3) is 11.4 Å². The molecule has 3 heterocycles. The van der Waals surface area contributed by atoms with Crippen LogP contribution < -0.4 is 10.2 Å². The van der Waals surface area contributed by atoms with Gasteiger partial charge in [-0.1, -0.05) is 17.3 Å². The molecule has 2 aliphatic rings. The molecule has 7 nitrogen and oxygen atoms in total. The van der Waals surface area contributed by atoms with E-state index in [2.05, 4.69) is 49.5 Å². The zero-order valence-corrected chi connectivity index (χ0v) is 19.3. The van der Waals surface area contributed by atoms with Gasteiger partial charge >= 0.3 is 0 Å². The third-order valence-electron chi connectivity index (χ3n) is 6.76. The molecule has 34 heavy (non-hydrogen) atoms.